The second-order valence-electron chi connectivity index (χ2n) is 4.49. The molecule has 0 fully saturated rings. The van der Waals surface area contributed by atoms with Crippen LogP contribution in [0.4, 0.5) is 4.39 Å². The number of halogens is 2. The zero-order valence-corrected chi connectivity index (χ0v) is 13.1. The fraction of sp³-hybridized carbons (Fsp3) is 0.429. The summed E-state index contributed by atoms with van der Waals surface area (Å²) in [5.41, 5.74) is 1.67. The summed E-state index contributed by atoms with van der Waals surface area (Å²) in [4.78, 5) is 1.01. The van der Waals surface area contributed by atoms with Gasteiger partial charge in [0.25, 0.3) is 0 Å². The van der Waals surface area contributed by atoms with Crippen LogP contribution in [0.5, 0.6) is 0 Å². The Labute approximate surface area is 127 Å². The van der Waals surface area contributed by atoms with E-state index in [1.54, 1.807) is 6.07 Å². The molecule has 1 aromatic heterocycles. The Balaban J connectivity index is 2.44. The Bertz CT molecular complexity index is 573. The van der Waals surface area contributed by atoms with Gasteiger partial charge in [-0.3, -0.25) is 0 Å². The molecule has 20 heavy (non-hydrogen) atoms. The molecule has 108 valence electrons. The Hall–Kier alpha value is -1.04. The van der Waals surface area contributed by atoms with E-state index < -0.39 is 0 Å². The number of hydrogen-bond acceptors (Lipinski definition) is 4. The maximum Gasteiger partial charge on any atom is 0.123 e. The first-order valence-corrected chi connectivity index (χ1v) is 7.82. The van der Waals surface area contributed by atoms with Crippen LogP contribution >= 0.6 is 23.1 Å². The van der Waals surface area contributed by atoms with Crippen LogP contribution in [0.25, 0.3) is 0 Å². The van der Waals surface area contributed by atoms with Crippen LogP contribution in [0.3, 0.4) is 0 Å². The van der Waals surface area contributed by atoms with Crippen molar-refractivity contribution in [2.45, 2.75) is 32.7 Å². The van der Waals surface area contributed by atoms with Gasteiger partial charge in [-0.2, -0.15) is 0 Å². The summed E-state index contributed by atoms with van der Waals surface area (Å²) in [5, 5.41) is 8.09. The van der Waals surface area contributed by atoms with Gasteiger partial charge in [-0.1, -0.05) is 29.9 Å². The fourth-order valence-corrected chi connectivity index (χ4v) is 3.11. The third kappa shape index (κ3) is 3.34. The standard InChI is InChI=1S/C14H17ClFN3S/c1-3-7-17-13(14-12(4-2)18-19-20-14)10-8-9(16)5-6-11(10)15/h5-6,8,13,17H,3-4,7H2,1-2H3. The number of rotatable bonds is 6. The quantitative estimate of drug-likeness (QED) is 0.876. The molecule has 0 radical (unpaired) electrons. The number of nitrogens with one attached hydrogen (secondary N) is 1. The summed E-state index contributed by atoms with van der Waals surface area (Å²) in [6.45, 7) is 4.94. The van der Waals surface area contributed by atoms with Gasteiger partial charge >= 0.3 is 0 Å². The predicted octanol–water partition coefficient (Wildman–Crippen LogP) is 3.98. The lowest BCUT2D eigenvalue weighted by Crippen LogP contribution is -2.23. The van der Waals surface area contributed by atoms with Crippen molar-refractivity contribution in [3.05, 3.63) is 45.2 Å². The van der Waals surface area contributed by atoms with Crippen molar-refractivity contribution >= 4 is 23.1 Å². The number of aryl methyl sites for hydroxylation is 1. The topological polar surface area (TPSA) is 37.8 Å². The molecule has 3 nitrogen and oxygen atoms in total. The normalized spacial score (nSPS) is 12.6. The van der Waals surface area contributed by atoms with Crippen LogP contribution in [0.15, 0.2) is 18.2 Å². The first-order valence-electron chi connectivity index (χ1n) is 6.66. The van der Waals surface area contributed by atoms with E-state index in [0.29, 0.717) is 5.02 Å². The monoisotopic (exact) mass is 313 g/mol. The van der Waals surface area contributed by atoms with E-state index in [0.717, 1.165) is 35.5 Å². The molecule has 0 saturated carbocycles. The highest BCUT2D eigenvalue weighted by molar-refractivity contribution is 7.05. The molecule has 0 aliphatic carbocycles. The number of nitrogens with zero attached hydrogens (tertiary/aromatic N) is 2. The van der Waals surface area contributed by atoms with Gasteiger partial charge < -0.3 is 5.32 Å². The molecule has 0 aliphatic rings. The van der Waals surface area contributed by atoms with Crippen LogP contribution < -0.4 is 5.32 Å². The van der Waals surface area contributed by atoms with Crippen molar-refractivity contribution in [2.75, 3.05) is 6.54 Å². The average molecular weight is 314 g/mol. The largest absolute Gasteiger partial charge is 0.305 e. The van der Waals surface area contributed by atoms with E-state index in [1.807, 2.05) is 6.92 Å². The molecule has 2 rings (SSSR count). The second-order valence-corrected chi connectivity index (χ2v) is 5.68. The molecular weight excluding hydrogens is 297 g/mol. The van der Waals surface area contributed by atoms with Gasteiger partial charge in [0.05, 0.1) is 16.6 Å². The second kappa shape index (κ2) is 7.11. The molecule has 1 N–H and O–H groups in total. The summed E-state index contributed by atoms with van der Waals surface area (Å²) in [7, 11) is 0. The van der Waals surface area contributed by atoms with Crippen LogP contribution in [-0.2, 0) is 6.42 Å². The first-order chi connectivity index (χ1) is 9.67. The smallest absolute Gasteiger partial charge is 0.123 e. The highest BCUT2D eigenvalue weighted by atomic mass is 35.5. The number of benzene rings is 1. The lowest BCUT2D eigenvalue weighted by Gasteiger charge is -2.19. The molecule has 6 heteroatoms. The summed E-state index contributed by atoms with van der Waals surface area (Å²) >= 11 is 7.58. The van der Waals surface area contributed by atoms with Gasteiger partial charge in [-0.15, -0.1) is 5.10 Å². The maximum atomic E-state index is 13.5. The van der Waals surface area contributed by atoms with Gasteiger partial charge in [0.15, 0.2) is 0 Å². The molecule has 0 bridgehead atoms. The SMILES string of the molecule is CCCNC(c1cc(F)ccc1Cl)c1snnc1CC. The van der Waals surface area contributed by atoms with E-state index >= 15 is 0 Å². The van der Waals surface area contributed by atoms with Crippen LogP contribution in [-0.4, -0.2) is 16.1 Å². The molecule has 0 aliphatic heterocycles. The average Bonchev–Trinajstić information content (AvgIpc) is 2.91. The molecule has 2 aromatic rings. The molecule has 0 spiro atoms. The predicted molar refractivity (Wildman–Crippen MR) is 80.8 cm³/mol. The van der Waals surface area contributed by atoms with Gasteiger partial charge in [-0.05, 0) is 54.7 Å². The lowest BCUT2D eigenvalue weighted by molar-refractivity contribution is 0.587. The van der Waals surface area contributed by atoms with Crippen molar-refractivity contribution in [1.82, 2.24) is 14.9 Å². The van der Waals surface area contributed by atoms with Crippen molar-refractivity contribution in [1.29, 1.82) is 0 Å². The minimum absolute atomic E-state index is 0.159. The Morgan fingerprint density at radius 2 is 2.20 bits per heavy atom. The Morgan fingerprint density at radius 3 is 2.90 bits per heavy atom. The summed E-state index contributed by atoms with van der Waals surface area (Å²) in [6, 6.07) is 4.28. The van der Waals surface area contributed by atoms with Crippen LogP contribution in [0, 0.1) is 5.82 Å². The van der Waals surface area contributed by atoms with Crippen LogP contribution in [0.1, 0.15) is 42.4 Å². The highest BCUT2D eigenvalue weighted by Gasteiger charge is 2.22. The third-order valence-electron chi connectivity index (χ3n) is 3.05. The number of hydrogen-bond donors (Lipinski definition) is 1. The van der Waals surface area contributed by atoms with Gasteiger partial charge in [-0.25, -0.2) is 4.39 Å². The van der Waals surface area contributed by atoms with Crippen molar-refractivity contribution in [3.63, 3.8) is 0 Å². The van der Waals surface area contributed by atoms with Crippen molar-refractivity contribution in [3.8, 4) is 0 Å². The van der Waals surface area contributed by atoms with Crippen LogP contribution in [0.2, 0.25) is 5.02 Å². The molecular formula is C14H17ClFN3S. The zero-order chi connectivity index (χ0) is 14.5. The van der Waals surface area contributed by atoms with E-state index in [2.05, 4.69) is 21.8 Å². The fourth-order valence-electron chi connectivity index (χ4n) is 2.05. The minimum Gasteiger partial charge on any atom is -0.305 e. The Kier molecular flexibility index (Phi) is 5.46. The van der Waals surface area contributed by atoms with Crippen molar-refractivity contribution in [2.24, 2.45) is 0 Å². The van der Waals surface area contributed by atoms with Gasteiger partial charge in [0.1, 0.15) is 5.82 Å². The highest BCUT2D eigenvalue weighted by Crippen LogP contribution is 2.32. The van der Waals surface area contributed by atoms with E-state index in [9.17, 15) is 4.39 Å². The van der Waals surface area contributed by atoms with E-state index in [1.165, 1.54) is 23.7 Å². The van der Waals surface area contributed by atoms with E-state index in [-0.39, 0.29) is 11.9 Å². The van der Waals surface area contributed by atoms with Gasteiger partial charge in [0, 0.05) is 5.02 Å². The molecule has 0 saturated heterocycles. The maximum absolute atomic E-state index is 13.5. The minimum atomic E-state index is -0.289. The summed E-state index contributed by atoms with van der Waals surface area (Å²) in [6.07, 6.45) is 1.78. The molecule has 1 unspecified atom stereocenters. The molecule has 0 amide bonds. The van der Waals surface area contributed by atoms with Gasteiger partial charge in [0.2, 0.25) is 0 Å². The molecule has 1 heterocycles. The van der Waals surface area contributed by atoms with E-state index in [4.69, 9.17) is 11.6 Å². The molecule has 1 atom stereocenters. The van der Waals surface area contributed by atoms with Crippen molar-refractivity contribution < 1.29 is 4.39 Å². The lowest BCUT2D eigenvalue weighted by atomic mass is 10.0. The number of aromatic nitrogens is 2. The molecule has 1 aromatic carbocycles. The summed E-state index contributed by atoms with van der Waals surface area (Å²) in [5.74, 6) is -0.289. The third-order valence-corrected chi connectivity index (χ3v) is 4.23. The zero-order valence-electron chi connectivity index (χ0n) is 11.5. The summed E-state index contributed by atoms with van der Waals surface area (Å²) < 4.78 is 17.6. The Morgan fingerprint density at radius 1 is 1.40 bits per heavy atom. The first kappa shape index (κ1) is 15.4.